The summed E-state index contributed by atoms with van der Waals surface area (Å²) in [5, 5.41) is 2.99. The molecule has 0 spiro atoms. The molecule has 2 fully saturated rings. The lowest BCUT2D eigenvalue weighted by atomic mass is 10.1. The van der Waals surface area contributed by atoms with Gasteiger partial charge in [-0.3, -0.25) is 9.69 Å². The first-order chi connectivity index (χ1) is 6.31. The van der Waals surface area contributed by atoms with Gasteiger partial charge in [0.2, 0.25) is 5.91 Å². The molecule has 13 heavy (non-hydrogen) atoms. The molecule has 0 aliphatic carbocycles. The molecular weight excluding hydrogens is 166 g/mol. The van der Waals surface area contributed by atoms with Gasteiger partial charge in [-0.05, 0) is 25.8 Å². The van der Waals surface area contributed by atoms with Gasteiger partial charge in [-0.15, -0.1) is 0 Å². The molecule has 0 aromatic rings. The molecule has 0 aromatic heterocycles. The Morgan fingerprint density at radius 3 is 3.08 bits per heavy atom. The molecule has 2 aliphatic heterocycles. The van der Waals surface area contributed by atoms with E-state index in [-0.39, 0.29) is 12.5 Å². The standard InChI is InChI=1S/C9H17N3O/c10-6-9(13)11-7-3-5-12-4-1-2-8(7)12/h7-8H,1-6,10H2,(H,11,13). The zero-order valence-corrected chi connectivity index (χ0v) is 7.83. The molecular formula is C9H17N3O. The van der Waals surface area contributed by atoms with E-state index in [4.69, 9.17) is 5.73 Å². The molecule has 0 saturated carbocycles. The van der Waals surface area contributed by atoms with E-state index >= 15 is 0 Å². The van der Waals surface area contributed by atoms with Crippen molar-refractivity contribution in [3.8, 4) is 0 Å². The van der Waals surface area contributed by atoms with Crippen LogP contribution in [0.2, 0.25) is 0 Å². The van der Waals surface area contributed by atoms with Gasteiger partial charge in [-0.1, -0.05) is 0 Å². The summed E-state index contributed by atoms with van der Waals surface area (Å²) in [6.45, 7) is 2.46. The SMILES string of the molecule is NCC(=O)NC1CCN2CCCC12. The van der Waals surface area contributed by atoms with Gasteiger partial charge in [0, 0.05) is 18.6 Å². The fraction of sp³-hybridized carbons (Fsp3) is 0.889. The number of amides is 1. The largest absolute Gasteiger partial charge is 0.351 e. The first-order valence-electron chi connectivity index (χ1n) is 5.05. The van der Waals surface area contributed by atoms with Crippen molar-refractivity contribution in [3.63, 3.8) is 0 Å². The van der Waals surface area contributed by atoms with Crippen LogP contribution in [-0.4, -0.2) is 42.5 Å². The first kappa shape index (κ1) is 8.97. The Hall–Kier alpha value is -0.610. The number of rotatable bonds is 2. The summed E-state index contributed by atoms with van der Waals surface area (Å²) in [7, 11) is 0. The maximum absolute atomic E-state index is 11.1. The monoisotopic (exact) mass is 183 g/mol. The Kier molecular flexibility index (Phi) is 2.51. The lowest BCUT2D eigenvalue weighted by Gasteiger charge is -2.20. The van der Waals surface area contributed by atoms with Gasteiger partial charge in [-0.2, -0.15) is 0 Å². The quantitative estimate of drug-likeness (QED) is 0.595. The van der Waals surface area contributed by atoms with E-state index in [9.17, 15) is 4.79 Å². The van der Waals surface area contributed by atoms with Crippen LogP contribution in [-0.2, 0) is 4.79 Å². The number of carbonyl (C=O) groups excluding carboxylic acids is 1. The number of hydrogen-bond acceptors (Lipinski definition) is 3. The van der Waals surface area contributed by atoms with Gasteiger partial charge in [0.25, 0.3) is 0 Å². The lowest BCUT2D eigenvalue weighted by molar-refractivity contribution is -0.120. The van der Waals surface area contributed by atoms with Crippen molar-refractivity contribution in [1.82, 2.24) is 10.2 Å². The molecule has 74 valence electrons. The highest BCUT2D eigenvalue weighted by Gasteiger charge is 2.37. The van der Waals surface area contributed by atoms with Crippen molar-refractivity contribution in [2.24, 2.45) is 5.73 Å². The van der Waals surface area contributed by atoms with Gasteiger partial charge < -0.3 is 11.1 Å². The maximum Gasteiger partial charge on any atom is 0.234 e. The Morgan fingerprint density at radius 2 is 2.31 bits per heavy atom. The maximum atomic E-state index is 11.1. The Labute approximate surface area is 78.5 Å². The molecule has 2 unspecified atom stereocenters. The number of carbonyl (C=O) groups is 1. The fourth-order valence-corrected chi connectivity index (χ4v) is 2.52. The predicted octanol–water partition coefficient (Wildman–Crippen LogP) is -0.702. The van der Waals surface area contributed by atoms with Crippen LogP contribution in [0, 0.1) is 0 Å². The Balaban J connectivity index is 1.90. The van der Waals surface area contributed by atoms with Gasteiger partial charge in [0.1, 0.15) is 0 Å². The van der Waals surface area contributed by atoms with Crippen molar-refractivity contribution < 1.29 is 4.79 Å². The van der Waals surface area contributed by atoms with Crippen LogP contribution < -0.4 is 11.1 Å². The molecule has 4 nitrogen and oxygen atoms in total. The summed E-state index contributed by atoms with van der Waals surface area (Å²) in [5.74, 6) is -0.0150. The number of fused-ring (bicyclic) bond motifs is 1. The van der Waals surface area contributed by atoms with Crippen molar-refractivity contribution in [3.05, 3.63) is 0 Å². The summed E-state index contributed by atoms with van der Waals surface area (Å²) in [5.41, 5.74) is 5.26. The zero-order chi connectivity index (χ0) is 9.26. The summed E-state index contributed by atoms with van der Waals surface area (Å²) in [6, 6.07) is 0.953. The highest BCUT2D eigenvalue weighted by Crippen LogP contribution is 2.27. The Morgan fingerprint density at radius 1 is 1.46 bits per heavy atom. The highest BCUT2D eigenvalue weighted by atomic mass is 16.1. The molecule has 3 N–H and O–H groups in total. The molecule has 2 saturated heterocycles. The normalized spacial score (nSPS) is 33.3. The minimum absolute atomic E-state index is 0.0150. The van der Waals surface area contributed by atoms with Crippen molar-refractivity contribution in [1.29, 1.82) is 0 Å². The van der Waals surface area contributed by atoms with Crippen LogP contribution in [0.25, 0.3) is 0 Å². The summed E-state index contributed by atoms with van der Waals surface area (Å²) < 4.78 is 0. The summed E-state index contributed by atoms with van der Waals surface area (Å²) >= 11 is 0. The van der Waals surface area contributed by atoms with Crippen molar-refractivity contribution in [2.75, 3.05) is 19.6 Å². The van der Waals surface area contributed by atoms with Crippen molar-refractivity contribution >= 4 is 5.91 Å². The lowest BCUT2D eigenvalue weighted by Crippen LogP contribution is -2.44. The van der Waals surface area contributed by atoms with Crippen LogP contribution >= 0.6 is 0 Å². The van der Waals surface area contributed by atoms with E-state index < -0.39 is 0 Å². The third-order valence-electron chi connectivity index (χ3n) is 3.14. The molecule has 0 aromatic carbocycles. The van der Waals surface area contributed by atoms with Crippen LogP contribution in [0.4, 0.5) is 0 Å². The first-order valence-corrected chi connectivity index (χ1v) is 5.05. The van der Waals surface area contributed by atoms with Gasteiger partial charge in [-0.25, -0.2) is 0 Å². The van der Waals surface area contributed by atoms with Gasteiger partial charge in [0.05, 0.1) is 6.54 Å². The smallest absolute Gasteiger partial charge is 0.234 e. The molecule has 2 aliphatic rings. The predicted molar refractivity (Wildman–Crippen MR) is 50.2 cm³/mol. The highest BCUT2D eigenvalue weighted by molar-refractivity contribution is 5.78. The zero-order valence-electron chi connectivity index (χ0n) is 7.83. The second-order valence-electron chi connectivity index (χ2n) is 3.91. The molecule has 1 amide bonds. The number of nitrogens with one attached hydrogen (secondary N) is 1. The van der Waals surface area contributed by atoms with E-state index in [1.807, 2.05) is 0 Å². The molecule has 2 heterocycles. The van der Waals surface area contributed by atoms with Crippen LogP contribution in [0.3, 0.4) is 0 Å². The second-order valence-corrected chi connectivity index (χ2v) is 3.91. The van der Waals surface area contributed by atoms with Crippen molar-refractivity contribution in [2.45, 2.75) is 31.3 Å². The van der Waals surface area contributed by atoms with E-state index in [1.165, 1.54) is 19.4 Å². The van der Waals surface area contributed by atoms with Gasteiger partial charge >= 0.3 is 0 Å². The van der Waals surface area contributed by atoms with Crippen LogP contribution in [0.1, 0.15) is 19.3 Å². The fourth-order valence-electron chi connectivity index (χ4n) is 2.52. The summed E-state index contributed by atoms with van der Waals surface area (Å²) in [4.78, 5) is 13.6. The number of nitrogens with zero attached hydrogens (tertiary/aromatic N) is 1. The Bertz CT molecular complexity index is 207. The minimum atomic E-state index is -0.0150. The third kappa shape index (κ3) is 1.69. The van der Waals surface area contributed by atoms with E-state index in [2.05, 4.69) is 10.2 Å². The third-order valence-corrected chi connectivity index (χ3v) is 3.14. The molecule has 2 rings (SSSR count). The molecule has 0 radical (unpaired) electrons. The van der Waals surface area contributed by atoms with E-state index in [0.29, 0.717) is 12.1 Å². The molecule has 2 atom stereocenters. The van der Waals surface area contributed by atoms with E-state index in [1.54, 1.807) is 0 Å². The minimum Gasteiger partial charge on any atom is -0.351 e. The molecule has 4 heteroatoms. The molecule has 0 bridgehead atoms. The summed E-state index contributed by atoms with van der Waals surface area (Å²) in [6.07, 6.45) is 3.60. The topological polar surface area (TPSA) is 58.4 Å². The van der Waals surface area contributed by atoms with Crippen LogP contribution in [0.15, 0.2) is 0 Å². The second kappa shape index (κ2) is 3.64. The number of hydrogen-bond donors (Lipinski definition) is 2. The van der Waals surface area contributed by atoms with Crippen LogP contribution in [0.5, 0.6) is 0 Å². The average molecular weight is 183 g/mol. The van der Waals surface area contributed by atoms with E-state index in [0.717, 1.165) is 13.0 Å². The number of nitrogens with two attached hydrogens (primary N) is 1. The average Bonchev–Trinajstić information content (AvgIpc) is 2.69. The van der Waals surface area contributed by atoms with Gasteiger partial charge in [0.15, 0.2) is 0 Å².